The lowest BCUT2D eigenvalue weighted by Gasteiger charge is -2.39. The number of ether oxygens (including phenoxy) is 3. The summed E-state index contributed by atoms with van der Waals surface area (Å²) in [5.74, 6) is 0.860. The number of nitrogens with one attached hydrogen (secondary N) is 1. The summed E-state index contributed by atoms with van der Waals surface area (Å²) in [5.41, 5.74) is 3.71. The molecule has 2 unspecified atom stereocenters. The highest BCUT2D eigenvalue weighted by molar-refractivity contribution is 6.76. The van der Waals surface area contributed by atoms with Gasteiger partial charge in [0.1, 0.15) is 23.7 Å². The van der Waals surface area contributed by atoms with Crippen molar-refractivity contribution in [1.29, 1.82) is 0 Å². The summed E-state index contributed by atoms with van der Waals surface area (Å²) < 4.78 is 21.2. The molecule has 6 heterocycles. The van der Waals surface area contributed by atoms with Gasteiger partial charge in [-0.1, -0.05) is 37.3 Å². The van der Waals surface area contributed by atoms with Crippen LogP contribution in [0.5, 0.6) is 0 Å². The molecule has 0 saturated carbocycles. The molecular formula is C34H46ClN7O4Si. The predicted molar refractivity (Wildman–Crippen MR) is 187 cm³/mol. The standard InChI is InChI=1S/C34H46ClN7O4Si/c1-34(2,3)46-33(43)37-21-13-22-7-8-23(14-21)42(22)29-15-36-31-26(16-40(32(31)38-29)20-44-11-12-47(4,5)6)25-9-10-28-27(30(25)35)17-41(39-28)24-18-45-19-24/h9-10,15-17,21-24H,7-8,11-14,18-20H2,1-6H3,(H,37,43). The number of halogens is 1. The summed E-state index contributed by atoms with van der Waals surface area (Å²) in [5, 5.41) is 9.43. The number of fused-ring (bicyclic) bond motifs is 4. The topological polar surface area (TPSA) is 109 Å². The van der Waals surface area contributed by atoms with Gasteiger partial charge in [-0.05, 0) is 58.6 Å². The van der Waals surface area contributed by atoms with E-state index in [0.29, 0.717) is 31.6 Å². The first-order chi connectivity index (χ1) is 22.3. The molecule has 252 valence electrons. The van der Waals surface area contributed by atoms with Crippen LogP contribution in [0.25, 0.3) is 33.2 Å². The molecule has 1 aromatic carbocycles. The van der Waals surface area contributed by atoms with E-state index in [4.69, 9.17) is 40.9 Å². The largest absolute Gasteiger partial charge is 0.444 e. The average Bonchev–Trinajstić information content (AvgIpc) is 3.61. The number of rotatable bonds is 9. The molecule has 1 N–H and O–H groups in total. The first kappa shape index (κ1) is 32.4. The highest BCUT2D eigenvalue weighted by Crippen LogP contribution is 2.41. The monoisotopic (exact) mass is 679 g/mol. The lowest BCUT2D eigenvalue weighted by atomic mass is 9.97. The number of carbonyl (C=O) groups is 1. The molecule has 3 aromatic heterocycles. The van der Waals surface area contributed by atoms with E-state index >= 15 is 0 Å². The van der Waals surface area contributed by atoms with E-state index in [9.17, 15) is 4.79 Å². The van der Waals surface area contributed by atoms with Gasteiger partial charge in [0, 0.05) is 61.7 Å². The van der Waals surface area contributed by atoms with E-state index in [-0.39, 0.29) is 30.3 Å². The number of anilines is 1. The molecular weight excluding hydrogens is 634 g/mol. The highest BCUT2D eigenvalue weighted by atomic mass is 35.5. The SMILES string of the molecule is CC(C)(C)OC(=O)NC1CC2CCC(C1)N2c1cnc2c(-c3ccc4nn(C5COC5)cc4c3Cl)cn(COCC[Si](C)(C)C)c2n1. The quantitative estimate of drug-likeness (QED) is 0.149. The number of carbonyl (C=O) groups excluding carboxylic acids is 1. The minimum atomic E-state index is -1.24. The van der Waals surface area contributed by atoms with Crippen LogP contribution in [0.4, 0.5) is 10.6 Å². The number of hydrogen-bond donors (Lipinski definition) is 1. The Balaban J connectivity index is 1.19. The normalized spacial score (nSPS) is 21.9. The van der Waals surface area contributed by atoms with E-state index in [0.717, 1.165) is 70.7 Å². The van der Waals surface area contributed by atoms with Crippen LogP contribution in [-0.4, -0.2) is 82.0 Å². The minimum absolute atomic E-state index is 0.0729. The van der Waals surface area contributed by atoms with Crippen molar-refractivity contribution in [2.75, 3.05) is 24.7 Å². The summed E-state index contributed by atoms with van der Waals surface area (Å²) >= 11 is 7.11. The molecule has 3 aliphatic heterocycles. The van der Waals surface area contributed by atoms with Crippen molar-refractivity contribution in [3.63, 3.8) is 0 Å². The van der Waals surface area contributed by atoms with Gasteiger partial charge in [0.2, 0.25) is 0 Å². The Morgan fingerprint density at radius 1 is 1.09 bits per heavy atom. The van der Waals surface area contributed by atoms with E-state index in [2.05, 4.69) is 40.6 Å². The zero-order valence-corrected chi connectivity index (χ0v) is 30.0. The van der Waals surface area contributed by atoms with E-state index in [1.54, 1.807) is 0 Å². The first-order valence-electron chi connectivity index (χ1n) is 16.8. The van der Waals surface area contributed by atoms with Gasteiger partial charge in [-0.3, -0.25) is 4.68 Å². The van der Waals surface area contributed by atoms with Crippen LogP contribution in [0, 0.1) is 0 Å². The first-order valence-corrected chi connectivity index (χ1v) is 20.9. The molecule has 11 nitrogen and oxygen atoms in total. The maximum Gasteiger partial charge on any atom is 0.407 e. The van der Waals surface area contributed by atoms with Crippen molar-refractivity contribution in [1.82, 2.24) is 29.6 Å². The summed E-state index contributed by atoms with van der Waals surface area (Å²) in [6, 6.07) is 6.00. The van der Waals surface area contributed by atoms with Crippen LogP contribution in [-0.2, 0) is 20.9 Å². The van der Waals surface area contributed by atoms with Gasteiger partial charge < -0.3 is 29.0 Å². The summed E-state index contributed by atoms with van der Waals surface area (Å²) in [7, 11) is -1.24. The van der Waals surface area contributed by atoms with Crippen molar-refractivity contribution in [3.8, 4) is 11.1 Å². The molecule has 4 aromatic rings. The molecule has 3 fully saturated rings. The van der Waals surface area contributed by atoms with E-state index in [1.807, 2.05) is 50.0 Å². The minimum Gasteiger partial charge on any atom is -0.444 e. The lowest BCUT2D eigenvalue weighted by Crippen LogP contribution is -2.51. The molecule has 3 saturated heterocycles. The predicted octanol–water partition coefficient (Wildman–Crippen LogP) is 7.01. The van der Waals surface area contributed by atoms with Crippen LogP contribution in [0.1, 0.15) is 52.5 Å². The van der Waals surface area contributed by atoms with Gasteiger partial charge in [0.25, 0.3) is 0 Å². The smallest absolute Gasteiger partial charge is 0.407 e. The van der Waals surface area contributed by atoms with Gasteiger partial charge in [-0.2, -0.15) is 5.10 Å². The summed E-state index contributed by atoms with van der Waals surface area (Å²) in [6.45, 7) is 15.2. The van der Waals surface area contributed by atoms with Crippen molar-refractivity contribution in [2.45, 2.75) is 109 Å². The Morgan fingerprint density at radius 2 is 1.83 bits per heavy atom. The zero-order chi connectivity index (χ0) is 33.1. The van der Waals surface area contributed by atoms with Gasteiger partial charge >= 0.3 is 6.09 Å². The number of piperidine rings is 1. The molecule has 3 aliphatic rings. The Hall–Kier alpha value is -3.19. The van der Waals surface area contributed by atoms with Crippen molar-refractivity contribution >= 4 is 53.7 Å². The molecule has 1 amide bonds. The highest BCUT2D eigenvalue weighted by Gasteiger charge is 2.42. The van der Waals surface area contributed by atoms with Gasteiger partial charge in [-0.15, -0.1) is 0 Å². The number of benzene rings is 1. The fourth-order valence-electron chi connectivity index (χ4n) is 6.99. The number of amides is 1. The number of nitrogens with zero attached hydrogens (tertiary/aromatic N) is 6. The maximum absolute atomic E-state index is 12.5. The molecule has 2 atom stereocenters. The zero-order valence-electron chi connectivity index (χ0n) is 28.3. The van der Waals surface area contributed by atoms with E-state index < -0.39 is 13.7 Å². The Morgan fingerprint density at radius 3 is 2.49 bits per heavy atom. The van der Waals surface area contributed by atoms with Gasteiger partial charge in [-0.25, -0.2) is 14.8 Å². The summed E-state index contributed by atoms with van der Waals surface area (Å²) in [6.07, 6.45) is 9.45. The Kier molecular flexibility index (Phi) is 8.51. The third-order valence-corrected chi connectivity index (χ3v) is 11.5. The molecule has 13 heteroatoms. The second kappa shape index (κ2) is 12.4. The van der Waals surface area contributed by atoms with Crippen molar-refractivity contribution in [3.05, 3.63) is 35.7 Å². The fourth-order valence-corrected chi connectivity index (χ4v) is 8.06. The Labute approximate surface area is 281 Å². The maximum atomic E-state index is 12.5. The van der Waals surface area contributed by atoms with Gasteiger partial charge in [0.15, 0.2) is 5.65 Å². The molecule has 47 heavy (non-hydrogen) atoms. The molecule has 7 rings (SSSR count). The van der Waals surface area contributed by atoms with Crippen LogP contribution in [0.15, 0.2) is 30.7 Å². The van der Waals surface area contributed by atoms with Crippen LogP contribution in [0.3, 0.4) is 0 Å². The van der Waals surface area contributed by atoms with E-state index in [1.165, 1.54) is 0 Å². The number of alkyl carbamates (subject to hydrolysis) is 1. The Bertz CT molecular complexity index is 1780. The third kappa shape index (κ3) is 6.74. The molecule has 0 aliphatic carbocycles. The van der Waals surface area contributed by atoms with Crippen molar-refractivity contribution < 1.29 is 19.0 Å². The van der Waals surface area contributed by atoms with Gasteiger partial charge in [0.05, 0.1) is 36.0 Å². The van der Waals surface area contributed by atoms with Crippen LogP contribution < -0.4 is 10.2 Å². The second-order valence-electron chi connectivity index (χ2n) is 15.5. The van der Waals surface area contributed by atoms with Crippen LogP contribution >= 0.6 is 11.6 Å². The summed E-state index contributed by atoms with van der Waals surface area (Å²) in [4.78, 5) is 25.2. The lowest BCUT2D eigenvalue weighted by molar-refractivity contribution is -0.0283. The van der Waals surface area contributed by atoms with Crippen LogP contribution in [0.2, 0.25) is 30.7 Å². The molecule has 2 bridgehead atoms. The third-order valence-electron chi connectivity index (χ3n) is 9.42. The number of aromatic nitrogens is 5. The second-order valence-corrected chi connectivity index (χ2v) is 21.5. The fraction of sp³-hybridized carbons (Fsp3) is 0.588. The average molecular weight is 680 g/mol. The van der Waals surface area contributed by atoms with Crippen molar-refractivity contribution in [2.24, 2.45) is 0 Å². The number of hydrogen-bond acceptors (Lipinski definition) is 8. The molecule has 0 radical (unpaired) electrons. The molecule has 0 spiro atoms.